The largest absolute Gasteiger partial charge is 0.493 e. The van der Waals surface area contributed by atoms with E-state index in [9.17, 15) is 9.18 Å². The van der Waals surface area contributed by atoms with E-state index in [4.69, 9.17) is 9.47 Å². The predicted octanol–water partition coefficient (Wildman–Crippen LogP) is 2.85. The highest BCUT2D eigenvalue weighted by atomic mass is 19.1. The number of amides is 1. The van der Waals surface area contributed by atoms with Crippen molar-refractivity contribution in [2.75, 3.05) is 19.9 Å². The zero-order valence-corrected chi connectivity index (χ0v) is 14.0. The van der Waals surface area contributed by atoms with Gasteiger partial charge in [0.25, 0.3) is 5.91 Å². The molecule has 0 spiro atoms. The monoisotopic (exact) mass is 355 g/mol. The van der Waals surface area contributed by atoms with E-state index in [-0.39, 0.29) is 12.5 Å². The highest BCUT2D eigenvalue weighted by Gasteiger charge is 2.15. The third kappa shape index (κ3) is 3.33. The van der Waals surface area contributed by atoms with Gasteiger partial charge in [-0.2, -0.15) is 5.10 Å². The fraction of sp³-hybridized carbons (Fsp3) is 0.263. The molecule has 4 bridgehead atoms. The molecule has 1 amide bonds. The zero-order chi connectivity index (χ0) is 17.9. The van der Waals surface area contributed by atoms with Crippen molar-refractivity contribution in [3.63, 3.8) is 0 Å². The van der Waals surface area contributed by atoms with Gasteiger partial charge in [0.05, 0.1) is 18.2 Å². The van der Waals surface area contributed by atoms with Gasteiger partial charge in [0.2, 0.25) is 0 Å². The topological polar surface area (TPSA) is 76.2 Å². The Hall–Kier alpha value is -3.09. The van der Waals surface area contributed by atoms with E-state index in [1.165, 1.54) is 0 Å². The molecule has 3 aromatic rings. The van der Waals surface area contributed by atoms with Gasteiger partial charge in [-0.25, -0.2) is 4.39 Å². The number of aromatic nitrogens is 2. The van der Waals surface area contributed by atoms with Crippen molar-refractivity contribution in [2.24, 2.45) is 0 Å². The number of ether oxygens (including phenoxy) is 2. The summed E-state index contributed by atoms with van der Waals surface area (Å²) in [7, 11) is 0. The number of halogens is 1. The number of hydrogen-bond donors (Lipinski definition) is 2. The summed E-state index contributed by atoms with van der Waals surface area (Å²) in [6, 6.07) is 12.4. The van der Waals surface area contributed by atoms with E-state index in [2.05, 4.69) is 15.5 Å². The molecule has 2 aromatic carbocycles. The Bertz CT molecular complexity index is 941. The standard InChI is InChI=1S/C19H18FN3O3/c20-10-13-6-7-25-15-4-5-17-16(9-15)19(23-22-17)12-2-1-3-14(8-12)26-11-18(24)21-13/h1-5,8-9,13H,6-7,10-11H2,(H,21,24)(H,22,23). The highest BCUT2D eigenvalue weighted by molar-refractivity contribution is 5.94. The van der Waals surface area contributed by atoms with E-state index < -0.39 is 12.7 Å². The smallest absolute Gasteiger partial charge is 0.258 e. The van der Waals surface area contributed by atoms with E-state index in [0.29, 0.717) is 24.5 Å². The third-order valence-electron chi connectivity index (χ3n) is 4.30. The Morgan fingerprint density at radius 1 is 1.15 bits per heavy atom. The van der Waals surface area contributed by atoms with Gasteiger partial charge in [0.1, 0.15) is 23.9 Å². The second kappa shape index (κ2) is 7.03. The molecule has 1 atom stereocenters. The number of fused-ring (bicyclic) bond motifs is 4. The number of nitrogens with zero attached hydrogens (tertiary/aromatic N) is 1. The van der Waals surface area contributed by atoms with Crippen molar-refractivity contribution in [3.05, 3.63) is 42.5 Å². The van der Waals surface area contributed by atoms with Gasteiger partial charge in [0, 0.05) is 17.4 Å². The summed E-state index contributed by atoms with van der Waals surface area (Å²) in [5.74, 6) is 0.856. The molecule has 1 aromatic heterocycles. The van der Waals surface area contributed by atoms with E-state index in [0.717, 1.165) is 22.2 Å². The lowest BCUT2D eigenvalue weighted by molar-refractivity contribution is -0.124. The minimum Gasteiger partial charge on any atom is -0.493 e. The molecular weight excluding hydrogens is 337 g/mol. The Morgan fingerprint density at radius 2 is 2.04 bits per heavy atom. The van der Waals surface area contributed by atoms with Gasteiger partial charge in [-0.3, -0.25) is 9.89 Å². The minimum absolute atomic E-state index is 0.176. The fourth-order valence-electron chi connectivity index (χ4n) is 2.96. The maximum atomic E-state index is 13.2. The maximum Gasteiger partial charge on any atom is 0.258 e. The van der Waals surface area contributed by atoms with Crippen LogP contribution in [0, 0.1) is 0 Å². The molecule has 0 saturated heterocycles. The zero-order valence-electron chi connectivity index (χ0n) is 14.0. The summed E-state index contributed by atoms with van der Waals surface area (Å²) >= 11 is 0. The van der Waals surface area contributed by atoms with Crippen molar-refractivity contribution in [2.45, 2.75) is 12.5 Å². The van der Waals surface area contributed by atoms with Gasteiger partial charge < -0.3 is 14.8 Å². The molecule has 6 nitrogen and oxygen atoms in total. The molecule has 0 fully saturated rings. The lowest BCUT2D eigenvalue weighted by atomic mass is 10.1. The number of carbonyl (C=O) groups is 1. The summed E-state index contributed by atoms with van der Waals surface area (Å²) < 4.78 is 24.5. The molecule has 0 saturated carbocycles. The van der Waals surface area contributed by atoms with Gasteiger partial charge in [0.15, 0.2) is 6.61 Å². The van der Waals surface area contributed by atoms with Crippen molar-refractivity contribution in [1.29, 1.82) is 0 Å². The second-order valence-corrected chi connectivity index (χ2v) is 6.15. The van der Waals surface area contributed by atoms with Crippen LogP contribution < -0.4 is 14.8 Å². The SMILES string of the molecule is O=C1COc2cccc(c2)-c2n[nH]c3ccc(cc23)OCCC(CF)N1. The van der Waals surface area contributed by atoms with Crippen LogP contribution in [0.3, 0.4) is 0 Å². The van der Waals surface area contributed by atoms with E-state index in [1.807, 2.05) is 36.4 Å². The number of rotatable bonds is 1. The van der Waals surface area contributed by atoms with Crippen molar-refractivity contribution in [3.8, 4) is 22.8 Å². The van der Waals surface area contributed by atoms with E-state index in [1.54, 1.807) is 6.07 Å². The van der Waals surface area contributed by atoms with Crippen molar-refractivity contribution >= 4 is 16.8 Å². The van der Waals surface area contributed by atoms with Crippen LogP contribution in [-0.4, -0.2) is 42.0 Å². The number of H-pyrrole nitrogens is 1. The molecule has 134 valence electrons. The number of aromatic amines is 1. The molecule has 0 aliphatic carbocycles. The van der Waals surface area contributed by atoms with Crippen molar-refractivity contribution in [1.82, 2.24) is 15.5 Å². The third-order valence-corrected chi connectivity index (χ3v) is 4.30. The molecule has 2 heterocycles. The van der Waals surface area contributed by atoms with Gasteiger partial charge in [-0.15, -0.1) is 0 Å². The van der Waals surface area contributed by atoms with Crippen LogP contribution in [0.2, 0.25) is 0 Å². The van der Waals surface area contributed by atoms with Gasteiger partial charge in [-0.05, 0) is 30.3 Å². The Morgan fingerprint density at radius 3 is 2.92 bits per heavy atom. The number of carbonyl (C=O) groups excluding carboxylic acids is 1. The molecule has 2 N–H and O–H groups in total. The van der Waals surface area contributed by atoms with Crippen molar-refractivity contribution < 1.29 is 18.7 Å². The Balaban J connectivity index is 1.75. The molecular formula is C19H18FN3O3. The van der Waals surface area contributed by atoms with Crippen LogP contribution in [0.1, 0.15) is 6.42 Å². The molecule has 0 radical (unpaired) electrons. The average molecular weight is 355 g/mol. The van der Waals surface area contributed by atoms with E-state index >= 15 is 0 Å². The summed E-state index contributed by atoms with van der Waals surface area (Å²) in [6.45, 7) is -0.539. The quantitative estimate of drug-likeness (QED) is 0.704. The van der Waals surface area contributed by atoms with Gasteiger partial charge in [-0.1, -0.05) is 12.1 Å². The summed E-state index contributed by atoms with van der Waals surface area (Å²) in [4.78, 5) is 12.0. The van der Waals surface area contributed by atoms with Gasteiger partial charge >= 0.3 is 0 Å². The molecule has 26 heavy (non-hydrogen) atoms. The first-order valence-electron chi connectivity index (χ1n) is 8.42. The molecule has 1 aliphatic heterocycles. The first kappa shape index (κ1) is 16.4. The Labute approximate surface area is 149 Å². The van der Waals surface area contributed by atoms with Crippen LogP contribution in [0.5, 0.6) is 11.5 Å². The number of benzene rings is 2. The predicted molar refractivity (Wildman–Crippen MR) is 95.0 cm³/mol. The molecule has 1 unspecified atom stereocenters. The number of hydrogen-bond acceptors (Lipinski definition) is 4. The highest BCUT2D eigenvalue weighted by Crippen LogP contribution is 2.31. The Kier molecular flexibility index (Phi) is 4.43. The lowest BCUT2D eigenvalue weighted by Crippen LogP contribution is -2.40. The first-order chi connectivity index (χ1) is 12.7. The normalized spacial score (nSPS) is 17.7. The van der Waals surface area contributed by atoms with Crippen LogP contribution in [0.25, 0.3) is 22.2 Å². The molecule has 1 aliphatic rings. The number of nitrogens with one attached hydrogen (secondary N) is 2. The second-order valence-electron chi connectivity index (χ2n) is 6.15. The maximum absolute atomic E-state index is 13.2. The summed E-state index contributed by atoms with van der Waals surface area (Å²) in [5, 5.41) is 11.0. The average Bonchev–Trinajstić information content (AvgIpc) is 3.08. The number of alkyl halides is 1. The first-order valence-corrected chi connectivity index (χ1v) is 8.42. The van der Waals surface area contributed by atoms with Crippen LogP contribution >= 0.6 is 0 Å². The minimum atomic E-state index is -0.657. The fourth-order valence-corrected chi connectivity index (χ4v) is 2.96. The summed E-state index contributed by atoms with van der Waals surface area (Å²) in [5.41, 5.74) is 2.53. The lowest BCUT2D eigenvalue weighted by Gasteiger charge is -2.16. The van der Waals surface area contributed by atoms with Crippen LogP contribution in [0.15, 0.2) is 42.5 Å². The summed E-state index contributed by atoms with van der Waals surface area (Å²) in [6.07, 6.45) is 0.367. The molecule has 7 heteroatoms. The van der Waals surface area contributed by atoms with Crippen LogP contribution in [-0.2, 0) is 4.79 Å². The molecule has 4 rings (SSSR count). The van der Waals surface area contributed by atoms with Crippen LogP contribution in [0.4, 0.5) is 4.39 Å².